The number of aryl methyl sites for hydroxylation is 1. The van der Waals surface area contributed by atoms with Crippen LogP contribution >= 0.6 is 0 Å². The molecule has 0 spiro atoms. The number of benzene rings is 2. The smallest absolute Gasteiger partial charge is 0.206 e. The molecule has 0 aliphatic carbocycles. The van der Waals surface area contributed by atoms with Gasteiger partial charge in [-0.25, -0.2) is 18.2 Å². The largest absolute Gasteiger partial charge is 0.369 e. The monoisotopic (exact) mass is 277 g/mol. The summed E-state index contributed by atoms with van der Waals surface area (Å²) >= 11 is 0. The maximum absolute atomic E-state index is 13.9. The van der Waals surface area contributed by atoms with Gasteiger partial charge in [0.25, 0.3) is 0 Å². The zero-order valence-corrected chi connectivity index (χ0v) is 10.5. The van der Waals surface area contributed by atoms with Crippen LogP contribution in [-0.4, -0.2) is 9.55 Å². The first-order chi connectivity index (χ1) is 9.49. The highest BCUT2D eigenvalue weighted by Crippen LogP contribution is 2.27. The number of aromatic nitrogens is 2. The van der Waals surface area contributed by atoms with Crippen LogP contribution in [0.4, 0.5) is 19.1 Å². The van der Waals surface area contributed by atoms with Crippen LogP contribution in [0, 0.1) is 24.4 Å². The summed E-state index contributed by atoms with van der Waals surface area (Å²) in [6.07, 6.45) is 0. The maximum atomic E-state index is 13.9. The van der Waals surface area contributed by atoms with Gasteiger partial charge in [0.2, 0.25) is 5.95 Å². The molecule has 1 aromatic heterocycles. The Balaban J connectivity index is 2.38. The molecule has 3 nitrogen and oxygen atoms in total. The molecule has 0 radical (unpaired) electrons. The molecule has 2 N–H and O–H groups in total. The van der Waals surface area contributed by atoms with E-state index in [2.05, 4.69) is 4.98 Å². The molecule has 0 bridgehead atoms. The molecule has 20 heavy (non-hydrogen) atoms. The molecule has 0 atom stereocenters. The van der Waals surface area contributed by atoms with Crippen molar-refractivity contribution in [2.45, 2.75) is 6.92 Å². The highest BCUT2D eigenvalue weighted by molar-refractivity contribution is 5.83. The van der Waals surface area contributed by atoms with Crippen molar-refractivity contribution in [1.82, 2.24) is 9.55 Å². The van der Waals surface area contributed by atoms with Gasteiger partial charge < -0.3 is 5.73 Å². The van der Waals surface area contributed by atoms with Gasteiger partial charge in [-0.1, -0.05) is 12.1 Å². The summed E-state index contributed by atoms with van der Waals surface area (Å²) in [4.78, 5) is 4.14. The Kier molecular flexibility index (Phi) is 2.67. The molecule has 0 amide bonds. The Morgan fingerprint density at radius 3 is 2.50 bits per heavy atom. The number of imidazole rings is 1. The summed E-state index contributed by atoms with van der Waals surface area (Å²) in [5.74, 6) is -3.28. The van der Waals surface area contributed by atoms with E-state index in [-0.39, 0.29) is 11.6 Å². The van der Waals surface area contributed by atoms with Gasteiger partial charge in [-0.3, -0.25) is 4.57 Å². The normalized spacial score (nSPS) is 11.2. The average Bonchev–Trinajstić information content (AvgIpc) is 2.72. The zero-order chi connectivity index (χ0) is 14.4. The van der Waals surface area contributed by atoms with Gasteiger partial charge in [-0.2, -0.15) is 0 Å². The van der Waals surface area contributed by atoms with E-state index in [1.165, 1.54) is 4.57 Å². The van der Waals surface area contributed by atoms with Gasteiger partial charge in [-0.05, 0) is 18.6 Å². The molecule has 0 fully saturated rings. The molecule has 3 aromatic rings. The number of fused-ring (bicyclic) bond motifs is 1. The highest BCUT2D eigenvalue weighted by Gasteiger charge is 2.17. The number of nitrogens with two attached hydrogens (primary N) is 1. The van der Waals surface area contributed by atoms with E-state index < -0.39 is 17.5 Å². The van der Waals surface area contributed by atoms with Gasteiger partial charge in [-0.15, -0.1) is 0 Å². The van der Waals surface area contributed by atoms with E-state index in [9.17, 15) is 13.2 Å². The summed E-state index contributed by atoms with van der Waals surface area (Å²) in [7, 11) is 0. The molecule has 102 valence electrons. The lowest BCUT2D eigenvalue weighted by Crippen LogP contribution is -2.04. The molecule has 0 aliphatic rings. The van der Waals surface area contributed by atoms with Crippen LogP contribution in [0.1, 0.15) is 5.56 Å². The molecule has 1 heterocycles. The van der Waals surface area contributed by atoms with E-state index in [1.807, 2.05) is 13.0 Å². The van der Waals surface area contributed by atoms with Crippen molar-refractivity contribution < 1.29 is 13.2 Å². The van der Waals surface area contributed by atoms with Crippen molar-refractivity contribution in [2.75, 3.05) is 5.73 Å². The van der Waals surface area contributed by atoms with Crippen LogP contribution in [0.2, 0.25) is 0 Å². The Morgan fingerprint density at radius 2 is 1.75 bits per heavy atom. The Morgan fingerprint density at radius 1 is 1.05 bits per heavy atom. The number of hydrogen-bond acceptors (Lipinski definition) is 2. The van der Waals surface area contributed by atoms with Crippen LogP contribution in [0.25, 0.3) is 16.7 Å². The van der Waals surface area contributed by atoms with Crippen LogP contribution in [-0.2, 0) is 0 Å². The van der Waals surface area contributed by atoms with Crippen LogP contribution in [0.5, 0.6) is 0 Å². The lowest BCUT2D eigenvalue weighted by Gasteiger charge is -2.08. The minimum Gasteiger partial charge on any atom is -0.369 e. The topological polar surface area (TPSA) is 43.8 Å². The predicted octanol–water partition coefficient (Wildman–Crippen LogP) is 3.33. The first-order valence-electron chi connectivity index (χ1n) is 5.87. The summed E-state index contributed by atoms with van der Waals surface area (Å²) in [5, 5.41) is 0. The standard InChI is InChI=1S/C14H10F3N3/c1-7-3-2-4-11-13(7)19-14(18)20(11)12-6-9(16)8(15)5-10(12)17/h2-6H,1H3,(H2,18,19). The number of nitrogen functional groups attached to an aromatic ring is 1. The lowest BCUT2D eigenvalue weighted by molar-refractivity contribution is 0.493. The maximum Gasteiger partial charge on any atom is 0.206 e. The quantitative estimate of drug-likeness (QED) is 0.693. The third-order valence-corrected chi connectivity index (χ3v) is 3.14. The van der Waals surface area contributed by atoms with Crippen molar-refractivity contribution in [2.24, 2.45) is 0 Å². The molecule has 2 aromatic carbocycles. The van der Waals surface area contributed by atoms with Crippen molar-refractivity contribution in [3.8, 4) is 5.69 Å². The SMILES string of the molecule is Cc1cccc2c1nc(N)n2-c1cc(F)c(F)cc1F. The molecular weight excluding hydrogens is 267 g/mol. The van der Waals surface area contributed by atoms with Gasteiger partial charge in [0.15, 0.2) is 11.6 Å². The van der Waals surface area contributed by atoms with Crippen LogP contribution in [0.15, 0.2) is 30.3 Å². The number of hydrogen-bond donors (Lipinski definition) is 1. The van der Waals surface area contributed by atoms with E-state index in [4.69, 9.17) is 5.73 Å². The molecule has 6 heteroatoms. The molecular formula is C14H10F3N3. The second kappa shape index (κ2) is 4.26. The van der Waals surface area contributed by atoms with Crippen molar-refractivity contribution in [1.29, 1.82) is 0 Å². The second-order valence-corrected chi connectivity index (χ2v) is 4.47. The fraction of sp³-hybridized carbons (Fsp3) is 0.0714. The summed E-state index contributed by atoms with van der Waals surface area (Å²) < 4.78 is 41.5. The number of halogens is 3. The number of rotatable bonds is 1. The Labute approximate surface area is 112 Å². The molecule has 0 unspecified atom stereocenters. The minimum absolute atomic E-state index is 0.0132. The Hall–Kier alpha value is -2.50. The third-order valence-electron chi connectivity index (χ3n) is 3.14. The first kappa shape index (κ1) is 12.5. The minimum atomic E-state index is -1.24. The molecule has 0 saturated heterocycles. The molecule has 0 saturated carbocycles. The second-order valence-electron chi connectivity index (χ2n) is 4.47. The number of anilines is 1. The molecule has 3 rings (SSSR count). The summed E-state index contributed by atoms with van der Waals surface area (Å²) in [6, 6.07) is 6.54. The van der Waals surface area contributed by atoms with E-state index in [1.54, 1.807) is 12.1 Å². The fourth-order valence-electron chi connectivity index (χ4n) is 2.19. The highest BCUT2D eigenvalue weighted by atomic mass is 19.2. The van der Waals surface area contributed by atoms with E-state index in [0.29, 0.717) is 17.1 Å². The fourth-order valence-corrected chi connectivity index (χ4v) is 2.19. The van der Waals surface area contributed by atoms with Crippen molar-refractivity contribution in [3.63, 3.8) is 0 Å². The average molecular weight is 277 g/mol. The van der Waals surface area contributed by atoms with Gasteiger partial charge in [0.05, 0.1) is 16.7 Å². The predicted molar refractivity (Wildman–Crippen MR) is 70.1 cm³/mol. The number of para-hydroxylation sites is 1. The van der Waals surface area contributed by atoms with Crippen LogP contribution in [0.3, 0.4) is 0 Å². The van der Waals surface area contributed by atoms with E-state index in [0.717, 1.165) is 11.6 Å². The van der Waals surface area contributed by atoms with Crippen molar-refractivity contribution in [3.05, 3.63) is 53.3 Å². The van der Waals surface area contributed by atoms with Gasteiger partial charge in [0, 0.05) is 12.1 Å². The van der Waals surface area contributed by atoms with Gasteiger partial charge in [0.1, 0.15) is 5.82 Å². The number of nitrogens with zero attached hydrogens (tertiary/aromatic N) is 2. The third kappa shape index (κ3) is 1.72. The zero-order valence-electron chi connectivity index (χ0n) is 10.5. The van der Waals surface area contributed by atoms with Gasteiger partial charge >= 0.3 is 0 Å². The van der Waals surface area contributed by atoms with Crippen LogP contribution < -0.4 is 5.73 Å². The summed E-state index contributed by atoms with van der Waals surface area (Å²) in [5.41, 5.74) is 7.59. The Bertz CT molecular complexity index is 824. The lowest BCUT2D eigenvalue weighted by atomic mass is 10.2. The van der Waals surface area contributed by atoms with E-state index >= 15 is 0 Å². The summed E-state index contributed by atoms with van der Waals surface area (Å²) in [6.45, 7) is 1.83. The van der Waals surface area contributed by atoms with Crippen molar-refractivity contribution >= 4 is 17.0 Å². The molecule has 0 aliphatic heterocycles. The first-order valence-corrected chi connectivity index (χ1v) is 5.87.